The number of sulfonamides is 1. The van der Waals surface area contributed by atoms with Crippen LogP contribution < -0.4 is 10.5 Å². The molecule has 0 atom stereocenters. The van der Waals surface area contributed by atoms with Gasteiger partial charge in [0.2, 0.25) is 0 Å². The fraction of sp³-hybridized carbons (Fsp3) is 0.250. The highest BCUT2D eigenvalue weighted by Gasteiger charge is 2.20. The number of hydrogen-bond donors (Lipinski definition) is 3. The van der Waals surface area contributed by atoms with Crippen molar-refractivity contribution in [2.75, 3.05) is 10.5 Å². The van der Waals surface area contributed by atoms with Crippen molar-refractivity contribution in [3.63, 3.8) is 0 Å². The minimum atomic E-state index is -4.03. The predicted octanol–water partition coefficient (Wildman–Crippen LogP) is 1.88. The van der Waals surface area contributed by atoms with Gasteiger partial charge < -0.3 is 5.73 Å². The van der Waals surface area contributed by atoms with Crippen LogP contribution in [0.2, 0.25) is 0 Å². The van der Waals surface area contributed by atoms with Gasteiger partial charge in [-0.1, -0.05) is 13.3 Å². The van der Waals surface area contributed by atoms with Crippen LogP contribution in [0.3, 0.4) is 0 Å². The first kappa shape index (κ1) is 14.3. The Morgan fingerprint density at radius 1 is 1.40 bits per heavy atom. The van der Waals surface area contributed by atoms with Crippen LogP contribution in [-0.4, -0.2) is 18.6 Å². The molecule has 4 N–H and O–H groups in total. The smallest absolute Gasteiger partial charge is 0.266 e. The van der Waals surface area contributed by atoms with Crippen LogP contribution in [-0.2, 0) is 16.4 Å². The quantitative estimate of drug-likeness (QED) is 0.734. The molecule has 0 aliphatic carbocycles. The highest BCUT2D eigenvalue weighted by atomic mass is 32.2. The first-order valence-electron chi connectivity index (χ1n) is 6.04. The largest absolute Gasteiger partial charge is 0.399 e. The molecule has 8 heteroatoms. The number of aromatic amines is 1. The number of aryl methyl sites for hydroxylation is 1. The van der Waals surface area contributed by atoms with E-state index in [-0.39, 0.29) is 11.5 Å². The Hall–Kier alpha value is -2.09. The van der Waals surface area contributed by atoms with E-state index in [0.717, 1.165) is 30.7 Å². The van der Waals surface area contributed by atoms with E-state index < -0.39 is 20.7 Å². The number of nitrogen functional groups attached to an aromatic ring is 1. The molecule has 1 aromatic heterocycles. The van der Waals surface area contributed by atoms with Crippen LogP contribution in [0.4, 0.5) is 15.9 Å². The number of nitrogens with zero attached hydrogens (tertiary/aromatic N) is 1. The summed E-state index contributed by atoms with van der Waals surface area (Å²) in [6.45, 7) is 1.99. The highest BCUT2D eigenvalue weighted by molar-refractivity contribution is 7.92. The lowest BCUT2D eigenvalue weighted by molar-refractivity contribution is 0.570. The number of rotatable bonds is 5. The van der Waals surface area contributed by atoms with Crippen LogP contribution >= 0.6 is 0 Å². The lowest BCUT2D eigenvalue weighted by Crippen LogP contribution is -2.15. The van der Waals surface area contributed by atoms with E-state index in [1.807, 2.05) is 6.92 Å². The van der Waals surface area contributed by atoms with E-state index >= 15 is 0 Å². The van der Waals surface area contributed by atoms with Crippen molar-refractivity contribution in [3.8, 4) is 0 Å². The third-order valence-corrected chi connectivity index (χ3v) is 4.02. The lowest BCUT2D eigenvalue weighted by Gasteiger charge is -2.06. The van der Waals surface area contributed by atoms with Gasteiger partial charge in [0.1, 0.15) is 10.7 Å². The first-order chi connectivity index (χ1) is 9.42. The summed E-state index contributed by atoms with van der Waals surface area (Å²) in [5, 5.41) is 6.54. The number of H-pyrrole nitrogens is 1. The number of halogens is 1. The van der Waals surface area contributed by atoms with Gasteiger partial charge in [-0.25, -0.2) is 12.8 Å². The second-order valence-corrected chi connectivity index (χ2v) is 5.97. The third-order valence-electron chi connectivity index (χ3n) is 2.63. The molecule has 0 amide bonds. The van der Waals surface area contributed by atoms with Crippen molar-refractivity contribution in [2.45, 2.75) is 24.7 Å². The second kappa shape index (κ2) is 5.49. The van der Waals surface area contributed by atoms with Gasteiger partial charge in [0.25, 0.3) is 10.0 Å². The Kier molecular flexibility index (Phi) is 3.93. The molecule has 1 heterocycles. The molecular formula is C12H15FN4O2S. The zero-order chi connectivity index (χ0) is 14.8. The maximum Gasteiger partial charge on any atom is 0.266 e. The monoisotopic (exact) mass is 298 g/mol. The van der Waals surface area contributed by atoms with Crippen molar-refractivity contribution in [2.24, 2.45) is 0 Å². The van der Waals surface area contributed by atoms with Gasteiger partial charge in [0.15, 0.2) is 5.82 Å². The molecule has 0 saturated heterocycles. The summed E-state index contributed by atoms with van der Waals surface area (Å²) in [7, 11) is -4.03. The van der Waals surface area contributed by atoms with E-state index in [1.165, 1.54) is 6.07 Å². The van der Waals surface area contributed by atoms with Crippen molar-refractivity contribution in [1.29, 1.82) is 0 Å². The van der Waals surface area contributed by atoms with Crippen molar-refractivity contribution < 1.29 is 12.8 Å². The molecule has 0 saturated carbocycles. The van der Waals surface area contributed by atoms with E-state index in [2.05, 4.69) is 14.9 Å². The fourth-order valence-corrected chi connectivity index (χ4v) is 2.79. The van der Waals surface area contributed by atoms with Gasteiger partial charge >= 0.3 is 0 Å². The van der Waals surface area contributed by atoms with E-state index in [0.29, 0.717) is 0 Å². The average Bonchev–Trinajstić information content (AvgIpc) is 2.75. The number of hydrogen-bond acceptors (Lipinski definition) is 4. The zero-order valence-corrected chi connectivity index (χ0v) is 11.7. The van der Waals surface area contributed by atoms with Crippen LogP contribution in [0.1, 0.15) is 19.0 Å². The number of anilines is 2. The predicted molar refractivity (Wildman–Crippen MR) is 74.2 cm³/mol. The van der Waals surface area contributed by atoms with Gasteiger partial charge in [0, 0.05) is 17.4 Å². The van der Waals surface area contributed by atoms with E-state index in [4.69, 9.17) is 5.73 Å². The minimum Gasteiger partial charge on any atom is -0.399 e. The van der Waals surface area contributed by atoms with Crippen LogP contribution in [0.25, 0.3) is 0 Å². The van der Waals surface area contributed by atoms with E-state index in [9.17, 15) is 12.8 Å². The summed E-state index contributed by atoms with van der Waals surface area (Å²) in [5.41, 5.74) is 6.35. The van der Waals surface area contributed by atoms with Crippen molar-refractivity contribution in [3.05, 3.63) is 35.8 Å². The van der Waals surface area contributed by atoms with Gasteiger partial charge in [-0.2, -0.15) is 5.10 Å². The number of aromatic nitrogens is 2. The van der Waals surface area contributed by atoms with Gasteiger partial charge in [-0.3, -0.25) is 9.82 Å². The van der Waals surface area contributed by atoms with Crippen LogP contribution in [0.15, 0.2) is 29.2 Å². The number of nitrogens with one attached hydrogen (secondary N) is 2. The third kappa shape index (κ3) is 3.08. The highest BCUT2D eigenvalue weighted by Crippen LogP contribution is 2.20. The number of benzene rings is 1. The minimum absolute atomic E-state index is 0.129. The molecule has 0 aliphatic heterocycles. The molecule has 0 bridgehead atoms. The second-order valence-electron chi connectivity index (χ2n) is 4.32. The maximum atomic E-state index is 13.6. The molecule has 20 heavy (non-hydrogen) atoms. The molecule has 0 fully saturated rings. The molecule has 0 spiro atoms. The Bertz CT molecular complexity index is 712. The Labute approximate surface area is 116 Å². The van der Waals surface area contributed by atoms with Gasteiger partial charge in [0.05, 0.1) is 0 Å². The SMILES string of the molecule is CCCc1cc(NS(=O)(=O)c2ccc(N)cc2F)n[nH]1. The van der Waals surface area contributed by atoms with Crippen molar-refractivity contribution in [1.82, 2.24) is 10.2 Å². The Morgan fingerprint density at radius 2 is 2.15 bits per heavy atom. The maximum absolute atomic E-state index is 13.6. The summed E-state index contributed by atoms with van der Waals surface area (Å²) in [5.74, 6) is -0.772. The summed E-state index contributed by atoms with van der Waals surface area (Å²) in [6.07, 6.45) is 1.66. The molecular weight excluding hydrogens is 283 g/mol. The molecule has 2 rings (SSSR count). The molecule has 108 valence electrons. The average molecular weight is 298 g/mol. The topological polar surface area (TPSA) is 101 Å². The zero-order valence-electron chi connectivity index (χ0n) is 10.9. The van der Waals surface area contributed by atoms with Gasteiger partial charge in [-0.05, 0) is 24.6 Å². The summed E-state index contributed by atoms with van der Waals surface area (Å²) in [4.78, 5) is -0.466. The standard InChI is InChI=1S/C12H15FN4O2S/c1-2-3-9-7-12(16-15-9)17-20(18,19)11-5-4-8(14)6-10(11)13/h4-7H,2-3,14H2,1H3,(H2,15,16,17). The summed E-state index contributed by atoms with van der Waals surface area (Å²) >= 11 is 0. The number of nitrogens with two attached hydrogens (primary N) is 1. The molecule has 1 aromatic carbocycles. The van der Waals surface area contributed by atoms with Crippen LogP contribution in [0, 0.1) is 5.82 Å². The van der Waals surface area contributed by atoms with Crippen molar-refractivity contribution >= 4 is 21.5 Å². The fourth-order valence-electron chi connectivity index (χ4n) is 1.74. The van der Waals surface area contributed by atoms with Crippen LogP contribution in [0.5, 0.6) is 0 Å². The van der Waals surface area contributed by atoms with Gasteiger partial charge in [-0.15, -0.1) is 0 Å². The normalized spacial score (nSPS) is 11.5. The van der Waals surface area contributed by atoms with E-state index in [1.54, 1.807) is 6.07 Å². The Morgan fingerprint density at radius 3 is 2.80 bits per heavy atom. The Balaban J connectivity index is 2.26. The summed E-state index contributed by atoms with van der Waals surface area (Å²) < 4.78 is 40.0. The molecule has 6 nitrogen and oxygen atoms in total. The molecule has 0 unspecified atom stereocenters. The summed E-state index contributed by atoms with van der Waals surface area (Å²) in [6, 6.07) is 4.98. The molecule has 2 aromatic rings. The lowest BCUT2D eigenvalue weighted by atomic mass is 10.2. The molecule has 0 radical (unpaired) electrons. The molecule has 0 aliphatic rings. The first-order valence-corrected chi connectivity index (χ1v) is 7.53.